The Kier molecular flexibility index (Phi) is 5.84. The molecule has 25 heavy (non-hydrogen) atoms. The SMILES string of the molecule is CCC(CC)NC(=O)c1cnn(C)c1NS(=O)(=O)c1ccc(C)cc1. The van der Waals surface area contributed by atoms with E-state index in [4.69, 9.17) is 0 Å². The van der Waals surface area contributed by atoms with E-state index < -0.39 is 10.0 Å². The quantitative estimate of drug-likeness (QED) is 0.789. The zero-order chi connectivity index (χ0) is 18.6. The van der Waals surface area contributed by atoms with E-state index in [1.165, 1.54) is 23.0 Å². The second kappa shape index (κ2) is 7.69. The molecule has 2 N–H and O–H groups in total. The van der Waals surface area contributed by atoms with E-state index in [0.29, 0.717) is 0 Å². The van der Waals surface area contributed by atoms with Gasteiger partial charge in [-0.3, -0.25) is 14.2 Å². The van der Waals surface area contributed by atoms with Crippen LogP contribution in [-0.4, -0.2) is 30.1 Å². The van der Waals surface area contributed by atoms with E-state index in [0.717, 1.165) is 18.4 Å². The standard InChI is InChI=1S/C17H24N4O3S/c1-5-13(6-2)19-17(22)15-11-18-21(4)16(15)20-25(23,24)14-9-7-12(3)8-10-14/h7-11,13,20H,5-6H2,1-4H3,(H,19,22). The van der Waals surface area contributed by atoms with Crippen LogP contribution in [0.2, 0.25) is 0 Å². The summed E-state index contributed by atoms with van der Waals surface area (Å²) in [4.78, 5) is 12.6. The second-order valence-electron chi connectivity index (χ2n) is 5.94. The van der Waals surface area contributed by atoms with E-state index in [1.807, 2.05) is 20.8 Å². The van der Waals surface area contributed by atoms with E-state index >= 15 is 0 Å². The number of anilines is 1. The molecule has 0 fully saturated rings. The van der Waals surface area contributed by atoms with Gasteiger partial charge in [-0.25, -0.2) is 8.42 Å². The summed E-state index contributed by atoms with van der Waals surface area (Å²) >= 11 is 0. The Balaban J connectivity index is 2.29. The van der Waals surface area contributed by atoms with Gasteiger partial charge in [-0.2, -0.15) is 5.10 Å². The average molecular weight is 364 g/mol. The minimum atomic E-state index is -3.81. The maximum atomic E-state index is 12.6. The van der Waals surface area contributed by atoms with Crippen molar-refractivity contribution in [1.82, 2.24) is 15.1 Å². The summed E-state index contributed by atoms with van der Waals surface area (Å²) in [6.07, 6.45) is 2.96. The summed E-state index contributed by atoms with van der Waals surface area (Å²) in [5, 5.41) is 6.91. The molecule has 1 aromatic carbocycles. The van der Waals surface area contributed by atoms with Crippen LogP contribution in [0, 0.1) is 6.92 Å². The predicted molar refractivity (Wildman–Crippen MR) is 97.0 cm³/mol. The first kappa shape index (κ1) is 19.0. The first-order chi connectivity index (χ1) is 11.8. The fourth-order valence-electron chi connectivity index (χ4n) is 2.38. The highest BCUT2D eigenvalue weighted by molar-refractivity contribution is 7.92. The lowest BCUT2D eigenvalue weighted by atomic mass is 10.1. The van der Waals surface area contributed by atoms with E-state index in [1.54, 1.807) is 19.2 Å². The number of amides is 1. The fraction of sp³-hybridized carbons (Fsp3) is 0.412. The predicted octanol–water partition coefficient (Wildman–Crippen LogP) is 2.45. The van der Waals surface area contributed by atoms with Crippen LogP contribution >= 0.6 is 0 Å². The van der Waals surface area contributed by atoms with E-state index in [9.17, 15) is 13.2 Å². The third kappa shape index (κ3) is 4.39. The van der Waals surface area contributed by atoms with Crippen molar-refractivity contribution in [2.75, 3.05) is 4.72 Å². The molecule has 1 aromatic heterocycles. The van der Waals surface area contributed by atoms with Crippen molar-refractivity contribution >= 4 is 21.7 Å². The van der Waals surface area contributed by atoms with Gasteiger partial charge in [0.1, 0.15) is 5.56 Å². The second-order valence-corrected chi connectivity index (χ2v) is 7.62. The first-order valence-corrected chi connectivity index (χ1v) is 9.69. The minimum Gasteiger partial charge on any atom is -0.349 e. The van der Waals surface area contributed by atoms with Crippen LogP contribution in [0.15, 0.2) is 35.4 Å². The highest BCUT2D eigenvalue weighted by Gasteiger charge is 2.23. The summed E-state index contributed by atoms with van der Waals surface area (Å²) in [5.74, 6) is -0.201. The molecule has 0 unspecified atom stereocenters. The van der Waals surface area contributed by atoms with E-state index in [-0.39, 0.29) is 28.2 Å². The Morgan fingerprint density at radius 2 is 1.80 bits per heavy atom. The minimum absolute atomic E-state index is 0.0364. The molecule has 0 saturated heterocycles. The van der Waals surface area contributed by atoms with Crippen molar-refractivity contribution in [1.29, 1.82) is 0 Å². The lowest BCUT2D eigenvalue weighted by molar-refractivity contribution is 0.0935. The molecule has 8 heteroatoms. The Labute approximate surface area is 148 Å². The first-order valence-electron chi connectivity index (χ1n) is 8.20. The molecule has 0 bridgehead atoms. The molecule has 2 aromatic rings. The molecule has 1 amide bonds. The van der Waals surface area contributed by atoms with Crippen molar-refractivity contribution < 1.29 is 13.2 Å². The van der Waals surface area contributed by atoms with Crippen molar-refractivity contribution in [2.45, 2.75) is 44.6 Å². The molecule has 0 aliphatic carbocycles. The smallest absolute Gasteiger partial charge is 0.263 e. The largest absolute Gasteiger partial charge is 0.349 e. The molecular formula is C17H24N4O3S. The summed E-state index contributed by atoms with van der Waals surface area (Å²) < 4.78 is 29.0. The molecular weight excluding hydrogens is 340 g/mol. The number of nitrogens with zero attached hydrogens (tertiary/aromatic N) is 2. The zero-order valence-corrected chi connectivity index (χ0v) is 15.7. The number of carbonyl (C=O) groups is 1. The Hall–Kier alpha value is -2.35. The van der Waals surface area contributed by atoms with Crippen LogP contribution in [-0.2, 0) is 17.1 Å². The van der Waals surface area contributed by atoms with Gasteiger partial charge in [-0.1, -0.05) is 31.5 Å². The van der Waals surface area contributed by atoms with Crippen LogP contribution in [0.1, 0.15) is 42.6 Å². The molecule has 0 aliphatic heterocycles. The molecule has 0 saturated carbocycles. The normalized spacial score (nSPS) is 11.6. The highest BCUT2D eigenvalue weighted by atomic mass is 32.2. The lowest BCUT2D eigenvalue weighted by Crippen LogP contribution is -2.34. The van der Waals surface area contributed by atoms with Gasteiger partial charge in [0.15, 0.2) is 5.82 Å². The van der Waals surface area contributed by atoms with Crippen molar-refractivity contribution in [3.05, 3.63) is 41.6 Å². The number of nitrogens with one attached hydrogen (secondary N) is 2. The number of carbonyl (C=O) groups excluding carboxylic acids is 1. The van der Waals surface area contributed by atoms with Gasteiger partial charge in [-0.15, -0.1) is 0 Å². The van der Waals surface area contributed by atoms with Gasteiger partial charge in [0.25, 0.3) is 15.9 Å². The number of aryl methyl sites for hydroxylation is 2. The molecule has 0 aliphatic rings. The summed E-state index contributed by atoms with van der Waals surface area (Å²) in [5.41, 5.74) is 1.16. The molecule has 0 spiro atoms. The van der Waals surface area contributed by atoms with Crippen LogP contribution in [0.5, 0.6) is 0 Å². The van der Waals surface area contributed by atoms with Crippen LogP contribution < -0.4 is 10.0 Å². The van der Waals surface area contributed by atoms with Crippen molar-refractivity contribution in [2.24, 2.45) is 7.05 Å². The molecule has 7 nitrogen and oxygen atoms in total. The average Bonchev–Trinajstić information content (AvgIpc) is 2.93. The van der Waals surface area contributed by atoms with Crippen molar-refractivity contribution in [3.8, 4) is 0 Å². The number of aromatic nitrogens is 2. The van der Waals surface area contributed by atoms with Crippen LogP contribution in [0.25, 0.3) is 0 Å². The number of benzene rings is 1. The Bertz CT molecular complexity index is 837. The number of sulfonamides is 1. The third-order valence-electron chi connectivity index (χ3n) is 4.07. The maximum Gasteiger partial charge on any atom is 0.263 e. The fourth-order valence-corrected chi connectivity index (χ4v) is 3.49. The Morgan fingerprint density at radius 3 is 2.36 bits per heavy atom. The highest BCUT2D eigenvalue weighted by Crippen LogP contribution is 2.20. The lowest BCUT2D eigenvalue weighted by Gasteiger charge is -2.15. The molecule has 0 atom stereocenters. The number of hydrogen-bond donors (Lipinski definition) is 2. The zero-order valence-electron chi connectivity index (χ0n) is 14.9. The van der Waals surface area contributed by atoms with Gasteiger partial charge in [-0.05, 0) is 31.9 Å². The summed E-state index contributed by atoms with van der Waals surface area (Å²) in [6.45, 7) is 5.85. The van der Waals surface area contributed by atoms with E-state index in [2.05, 4.69) is 15.1 Å². The topological polar surface area (TPSA) is 93.1 Å². The monoisotopic (exact) mass is 364 g/mol. The third-order valence-corrected chi connectivity index (χ3v) is 5.42. The van der Waals surface area contributed by atoms with Crippen molar-refractivity contribution in [3.63, 3.8) is 0 Å². The van der Waals surface area contributed by atoms with Crippen LogP contribution in [0.4, 0.5) is 5.82 Å². The summed E-state index contributed by atoms with van der Waals surface area (Å²) in [6, 6.07) is 6.53. The Morgan fingerprint density at radius 1 is 1.20 bits per heavy atom. The number of hydrogen-bond acceptors (Lipinski definition) is 4. The number of rotatable bonds is 7. The summed E-state index contributed by atoms with van der Waals surface area (Å²) in [7, 11) is -2.22. The van der Waals surface area contributed by atoms with Gasteiger partial charge >= 0.3 is 0 Å². The molecule has 136 valence electrons. The maximum absolute atomic E-state index is 12.6. The van der Waals surface area contributed by atoms with Crippen LogP contribution in [0.3, 0.4) is 0 Å². The van der Waals surface area contributed by atoms with Gasteiger partial charge < -0.3 is 5.32 Å². The van der Waals surface area contributed by atoms with Gasteiger partial charge in [0.05, 0.1) is 11.1 Å². The molecule has 0 radical (unpaired) electrons. The molecule has 2 rings (SSSR count). The van der Waals surface area contributed by atoms with Gasteiger partial charge in [0.2, 0.25) is 0 Å². The molecule has 1 heterocycles. The van der Waals surface area contributed by atoms with Gasteiger partial charge in [0, 0.05) is 13.1 Å².